The first-order valence-electron chi connectivity index (χ1n) is 9.60. The van der Waals surface area contributed by atoms with Crippen molar-refractivity contribution in [2.24, 2.45) is 0 Å². The van der Waals surface area contributed by atoms with Gasteiger partial charge in [0.15, 0.2) is 10.9 Å². The molecule has 29 heavy (non-hydrogen) atoms. The van der Waals surface area contributed by atoms with Crippen molar-refractivity contribution in [3.05, 3.63) is 77.4 Å². The zero-order valence-electron chi connectivity index (χ0n) is 16.5. The van der Waals surface area contributed by atoms with E-state index in [0.29, 0.717) is 28.8 Å². The van der Waals surface area contributed by atoms with Gasteiger partial charge in [-0.15, -0.1) is 0 Å². The lowest BCUT2D eigenvalue weighted by atomic mass is 9.92. The summed E-state index contributed by atoms with van der Waals surface area (Å²) in [6.07, 6.45) is 3.16. The average Bonchev–Trinajstić information content (AvgIpc) is 2.78. The first-order chi connectivity index (χ1) is 14.2. The molecule has 2 aromatic carbocycles. The van der Waals surface area contributed by atoms with E-state index in [0.717, 1.165) is 18.5 Å². The Kier molecular flexibility index (Phi) is 5.81. The normalized spacial score (nSPS) is 15.9. The molecule has 3 aromatic rings. The molecule has 1 aliphatic heterocycles. The van der Waals surface area contributed by atoms with Crippen molar-refractivity contribution in [1.29, 1.82) is 0 Å². The van der Waals surface area contributed by atoms with Gasteiger partial charge in [-0.3, -0.25) is 4.79 Å². The topological polar surface area (TPSA) is 55.3 Å². The van der Waals surface area contributed by atoms with Crippen molar-refractivity contribution < 1.29 is 9.53 Å². The number of carbonyl (C=O) groups is 1. The van der Waals surface area contributed by atoms with E-state index in [9.17, 15) is 4.79 Å². The molecule has 1 aromatic heterocycles. The summed E-state index contributed by atoms with van der Waals surface area (Å²) in [6.45, 7) is 0.748. The largest absolute Gasteiger partial charge is 0.480 e. The van der Waals surface area contributed by atoms with E-state index in [2.05, 4.69) is 46.3 Å². The van der Waals surface area contributed by atoms with Crippen LogP contribution in [0.2, 0.25) is 0 Å². The molecule has 6 heteroatoms. The SMILES string of the molecule is COc1nc(SC)nc2c1C(=O)CC(c1ccccc1)N2CCc1ccccc1. The molecule has 0 radical (unpaired) electrons. The summed E-state index contributed by atoms with van der Waals surface area (Å²) in [5.41, 5.74) is 2.86. The van der Waals surface area contributed by atoms with Gasteiger partial charge in [0.25, 0.3) is 0 Å². The Balaban J connectivity index is 1.79. The fourth-order valence-corrected chi connectivity index (χ4v) is 4.12. The Bertz CT molecular complexity index is 996. The monoisotopic (exact) mass is 405 g/mol. The third-order valence-corrected chi connectivity index (χ3v) is 5.73. The lowest BCUT2D eigenvalue weighted by molar-refractivity contribution is 0.0960. The molecule has 0 bridgehead atoms. The maximum absolute atomic E-state index is 13.1. The van der Waals surface area contributed by atoms with Crippen LogP contribution in [0.15, 0.2) is 65.8 Å². The van der Waals surface area contributed by atoms with Gasteiger partial charge in [-0.25, -0.2) is 4.98 Å². The third kappa shape index (κ3) is 3.98. The number of hydrogen-bond donors (Lipinski definition) is 0. The Labute approximate surface area is 175 Å². The number of Topliss-reactive ketones (excluding diaryl/α,β-unsaturated/α-hetero) is 1. The summed E-state index contributed by atoms with van der Waals surface area (Å²) in [5.74, 6) is 1.05. The molecule has 148 valence electrons. The number of nitrogens with zero attached hydrogens (tertiary/aromatic N) is 3. The van der Waals surface area contributed by atoms with Gasteiger partial charge in [-0.05, 0) is 23.8 Å². The lowest BCUT2D eigenvalue weighted by Crippen LogP contribution is -2.38. The summed E-state index contributed by atoms with van der Waals surface area (Å²) in [7, 11) is 1.55. The molecular formula is C23H23N3O2S. The summed E-state index contributed by atoms with van der Waals surface area (Å²) < 4.78 is 5.47. The number of ether oxygens (including phenoxy) is 1. The molecule has 0 amide bonds. The van der Waals surface area contributed by atoms with Crippen LogP contribution in [0.5, 0.6) is 5.88 Å². The van der Waals surface area contributed by atoms with Crippen LogP contribution < -0.4 is 9.64 Å². The highest BCUT2D eigenvalue weighted by molar-refractivity contribution is 7.98. The zero-order chi connectivity index (χ0) is 20.2. The number of hydrogen-bond acceptors (Lipinski definition) is 6. The van der Waals surface area contributed by atoms with Crippen molar-refractivity contribution in [3.8, 4) is 5.88 Å². The summed E-state index contributed by atoms with van der Waals surface area (Å²) in [4.78, 5) is 24.5. The van der Waals surface area contributed by atoms with Gasteiger partial charge < -0.3 is 9.64 Å². The highest BCUT2D eigenvalue weighted by atomic mass is 32.2. The van der Waals surface area contributed by atoms with Gasteiger partial charge in [-0.1, -0.05) is 72.4 Å². The van der Waals surface area contributed by atoms with Gasteiger partial charge in [-0.2, -0.15) is 4.98 Å². The zero-order valence-corrected chi connectivity index (χ0v) is 17.4. The first kappa shape index (κ1) is 19.5. The van der Waals surface area contributed by atoms with E-state index < -0.39 is 0 Å². The molecule has 0 N–H and O–H groups in total. The number of ketones is 1. The van der Waals surface area contributed by atoms with Crippen LogP contribution in [0.25, 0.3) is 0 Å². The first-order valence-corrected chi connectivity index (χ1v) is 10.8. The Hall–Kier alpha value is -2.86. The predicted octanol–water partition coefficient (Wildman–Crippen LogP) is 4.58. The van der Waals surface area contributed by atoms with Crippen LogP contribution in [0.1, 0.15) is 33.9 Å². The number of rotatable bonds is 6. The Morgan fingerprint density at radius 1 is 1.07 bits per heavy atom. The smallest absolute Gasteiger partial charge is 0.230 e. The van der Waals surface area contributed by atoms with Crippen LogP contribution in [0.4, 0.5) is 5.82 Å². The number of carbonyl (C=O) groups excluding carboxylic acids is 1. The van der Waals surface area contributed by atoms with Gasteiger partial charge in [0.2, 0.25) is 5.88 Å². The molecule has 1 aliphatic rings. The van der Waals surface area contributed by atoms with Gasteiger partial charge in [0.05, 0.1) is 13.2 Å². The minimum absolute atomic E-state index is 0.0225. The second-order valence-corrected chi connectivity index (χ2v) is 7.67. The Morgan fingerprint density at radius 2 is 1.76 bits per heavy atom. The molecule has 0 spiro atoms. The van der Waals surface area contributed by atoms with Crippen molar-refractivity contribution in [1.82, 2.24) is 9.97 Å². The number of methoxy groups -OCH3 is 1. The predicted molar refractivity (Wildman–Crippen MR) is 116 cm³/mol. The van der Waals surface area contributed by atoms with E-state index in [1.807, 2.05) is 30.5 Å². The summed E-state index contributed by atoms with van der Waals surface area (Å²) in [6, 6.07) is 20.5. The average molecular weight is 406 g/mol. The number of anilines is 1. The lowest BCUT2D eigenvalue weighted by Gasteiger charge is -2.38. The fourth-order valence-electron chi connectivity index (χ4n) is 3.77. The van der Waals surface area contributed by atoms with Crippen LogP contribution in [0.3, 0.4) is 0 Å². The van der Waals surface area contributed by atoms with E-state index in [4.69, 9.17) is 9.72 Å². The minimum atomic E-state index is -0.0609. The molecule has 2 heterocycles. The number of aromatic nitrogens is 2. The molecule has 1 atom stereocenters. The molecule has 1 unspecified atom stereocenters. The third-order valence-electron chi connectivity index (χ3n) is 5.19. The number of thioether (sulfide) groups is 1. The van der Waals surface area contributed by atoms with E-state index >= 15 is 0 Å². The highest BCUT2D eigenvalue weighted by Gasteiger charge is 2.36. The maximum atomic E-state index is 13.1. The fraction of sp³-hybridized carbons (Fsp3) is 0.261. The molecule has 0 saturated heterocycles. The van der Waals surface area contributed by atoms with Gasteiger partial charge >= 0.3 is 0 Å². The standard InChI is InChI=1S/C23H23N3O2S/c1-28-22-20-19(27)15-18(17-11-7-4-8-12-17)26(21(20)24-23(25-22)29-2)14-13-16-9-5-3-6-10-16/h3-12,18H,13-15H2,1-2H3. The van der Waals surface area contributed by atoms with Crippen molar-refractivity contribution in [2.75, 3.05) is 24.8 Å². The molecule has 5 nitrogen and oxygen atoms in total. The van der Waals surface area contributed by atoms with E-state index in [-0.39, 0.29) is 11.8 Å². The molecule has 0 fully saturated rings. The van der Waals surface area contributed by atoms with Crippen LogP contribution in [-0.2, 0) is 6.42 Å². The van der Waals surface area contributed by atoms with Crippen LogP contribution >= 0.6 is 11.8 Å². The molecule has 0 saturated carbocycles. The van der Waals surface area contributed by atoms with Crippen LogP contribution in [0, 0.1) is 0 Å². The molecule has 0 aliphatic carbocycles. The molecular weight excluding hydrogens is 382 g/mol. The maximum Gasteiger partial charge on any atom is 0.230 e. The van der Waals surface area contributed by atoms with Gasteiger partial charge in [0.1, 0.15) is 11.4 Å². The van der Waals surface area contributed by atoms with E-state index in [1.54, 1.807) is 7.11 Å². The van der Waals surface area contributed by atoms with Crippen molar-refractivity contribution in [2.45, 2.75) is 24.0 Å². The van der Waals surface area contributed by atoms with Gasteiger partial charge in [0, 0.05) is 13.0 Å². The number of benzene rings is 2. The van der Waals surface area contributed by atoms with Crippen molar-refractivity contribution in [3.63, 3.8) is 0 Å². The second-order valence-electron chi connectivity index (χ2n) is 6.90. The summed E-state index contributed by atoms with van der Waals surface area (Å²) in [5, 5.41) is 0.604. The van der Waals surface area contributed by atoms with Crippen molar-refractivity contribution >= 4 is 23.4 Å². The quantitative estimate of drug-likeness (QED) is 0.442. The number of fused-ring (bicyclic) bond motifs is 1. The Morgan fingerprint density at radius 3 is 2.41 bits per heavy atom. The molecule has 4 rings (SSSR count). The van der Waals surface area contributed by atoms with E-state index in [1.165, 1.54) is 17.3 Å². The second kappa shape index (κ2) is 8.66. The highest BCUT2D eigenvalue weighted by Crippen LogP contribution is 2.41. The summed E-state index contributed by atoms with van der Waals surface area (Å²) >= 11 is 1.45. The van der Waals surface area contributed by atoms with Crippen LogP contribution in [-0.4, -0.2) is 35.7 Å². The minimum Gasteiger partial charge on any atom is -0.480 e.